The van der Waals surface area contributed by atoms with Gasteiger partial charge in [-0.15, -0.1) is 0 Å². The van der Waals surface area contributed by atoms with Crippen molar-refractivity contribution in [1.29, 1.82) is 0 Å². The lowest BCUT2D eigenvalue weighted by molar-refractivity contribution is 0.0664. The smallest absolute Gasteiger partial charge is 0.254 e. The Morgan fingerprint density at radius 3 is 2.63 bits per heavy atom. The molecule has 4 rings (SSSR count). The lowest BCUT2D eigenvalue weighted by Gasteiger charge is -2.32. The van der Waals surface area contributed by atoms with E-state index in [1.165, 1.54) is 0 Å². The molecule has 0 radical (unpaired) electrons. The fraction of sp³-hybridized carbons (Fsp3) is 0.263. The van der Waals surface area contributed by atoms with Gasteiger partial charge in [-0.2, -0.15) is 0 Å². The van der Waals surface area contributed by atoms with E-state index in [1.807, 2.05) is 4.90 Å². The van der Waals surface area contributed by atoms with Crippen molar-refractivity contribution in [1.82, 2.24) is 14.8 Å². The Kier molecular flexibility index (Phi) is 5.16. The summed E-state index contributed by atoms with van der Waals surface area (Å²) in [6, 6.07) is 8.70. The lowest BCUT2D eigenvalue weighted by atomic mass is 10.1. The molecule has 0 spiro atoms. The van der Waals surface area contributed by atoms with Crippen LogP contribution >= 0.6 is 39.1 Å². The van der Waals surface area contributed by atoms with Crippen LogP contribution in [0, 0.1) is 0 Å². The number of nitrogens with zero attached hydrogens (tertiary/aromatic N) is 3. The zero-order chi connectivity index (χ0) is 19.1. The molecule has 0 bridgehead atoms. The van der Waals surface area contributed by atoms with Gasteiger partial charge in [0, 0.05) is 41.2 Å². The number of rotatable bonds is 2. The second-order valence-electron chi connectivity index (χ2n) is 6.55. The maximum absolute atomic E-state index is 12.8. The summed E-state index contributed by atoms with van der Waals surface area (Å²) in [6.07, 6.45) is 0. The van der Waals surface area contributed by atoms with E-state index in [0.29, 0.717) is 42.6 Å². The highest BCUT2D eigenvalue weighted by molar-refractivity contribution is 9.10. The molecule has 2 aromatic carbocycles. The molecule has 2 heterocycles. The Morgan fingerprint density at radius 1 is 1.15 bits per heavy atom. The molecule has 1 aromatic heterocycles. The van der Waals surface area contributed by atoms with Gasteiger partial charge in [0.2, 0.25) is 5.89 Å². The van der Waals surface area contributed by atoms with Crippen LogP contribution in [0.4, 0.5) is 0 Å². The zero-order valence-electron chi connectivity index (χ0n) is 14.5. The van der Waals surface area contributed by atoms with Crippen molar-refractivity contribution in [2.45, 2.75) is 0 Å². The van der Waals surface area contributed by atoms with Crippen molar-refractivity contribution in [2.75, 3.05) is 33.2 Å². The van der Waals surface area contributed by atoms with Crippen molar-refractivity contribution in [3.05, 3.63) is 50.4 Å². The predicted octanol–water partition coefficient (Wildman–Crippen LogP) is 4.95. The number of likely N-dealkylation sites (N-methyl/N-ethyl adjacent to an activating group) is 1. The summed E-state index contributed by atoms with van der Waals surface area (Å²) in [5, 5.41) is 0.970. The number of halogens is 3. The molecular formula is C19H16BrCl2N3O2. The number of fused-ring (bicyclic) bond motifs is 1. The van der Waals surface area contributed by atoms with Gasteiger partial charge in [0.25, 0.3) is 5.91 Å². The Labute approximate surface area is 175 Å². The Morgan fingerprint density at radius 2 is 1.89 bits per heavy atom. The van der Waals surface area contributed by atoms with Crippen molar-refractivity contribution in [3.63, 3.8) is 0 Å². The number of oxazole rings is 1. The highest BCUT2D eigenvalue weighted by atomic mass is 79.9. The summed E-state index contributed by atoms with van der Waals surface area (Å²) in [5.74, 6) is 0.409. The average molecular weight is 469 g/mol. The molecule has 1 amide bonds. The Balaban J connectivity index is 1.67. The summed E-state index contributed by atoms with van der Waals surface area (Å²) < 4.78 is 6.51. The monoisotopic (exact) mass is 467 g/mol. The van der Waals surface area contributed by atoms with Gasteiger partial charge in [-0.25, -0.2) is 4.98 Å². The zero-order valence-corrected chi connectivity index (χ0v) is 17.6. The predicted molar refractivity (Wildman–Crippen MR) is 111 cm³/mol. The minimum atomic E-state index is 0.0153. The van der Waals surface area contributed by atoms with E-state index in [0.717, 1.165) is 26.2 Å². The fourth-order valence-corrected chi connectivity index (χ4v) is 3.97. The van der Waals surface area contributed by atoms with E-state index in [1.54, 1.807) is 30.3 Å². The Bertz CT molecular complexity index is 1030. The van der Waals surface area contributed by atoms with Crippen LogP contribution in [0.1, 0.15) is 10.4 Å². The van der Waals surface area contributed by atoms with Crippen molar-refractivity contribution in [3.8, 4) is 11.5 Å². The minimum absolute atomic E-state index is 0.0153. The third-order valence-corrected chi connectivity index (χ3v) is 6.25. The lowest BCUT2D eigenvalue weighted by Crippen LogP contribution is -2.47. The van der Waals surface area contributed by atoms with E-state index in [2.05, 4.69) is 32.9 Å². The third-order valence-electron chi connectivity index (χ3n) is 4.65. The maximum atomic E-state index is 12.8. The van der Waals surface area contributed by atoms with Gasteiger partial charge in [-0.3, -0.25) is 4.79 Å². The van der Waals surface area contributed by atoms with Gasteiger partial charge in [0.1, 0.15) is 5.52 Å². The summed E-state index contributed by atoms with van der Waals surface area (Å²) in [7, 11) is 2.06. The Hall–Kier alpha value is -1.60. The van der Waals surface area contributed by atoms with Crippen molar-refractivity contribution >= 4 is 56.1 Å². The van der Waals surface area contributed by atoms with Gasteiger partial charge in [0.15, 0.2) is 5.58 Å². The molecule has 0 saturated carbocycles. The first-order valence-electron chi connectivity index (χ1n) is 8.45. The summed E-state index contributed by atoms with van der Waals surface area (Å²) >= 11 is 15.7. The molecule has 8 heteroatoms. The number of benzene rings is 2. The van der Waals surface area contributed by atoms with Crippen molar-refractivity contribution < 1.29 is 9.21 Å². The molecule has 0 aliphatic carbocycles. The van der Waals surface area contributed by atoms with E-state index < -0.39 is 0 Å². The molecular weight excluding hydrogens is 453 g/mol. The van der Waals surface area contributed by atoms with Crippen LogP contribution in [-0.2, 0) is 0 Å². The van der Waals surface area contributed by atoms with E-state index in [-0.39, 0.29) is 5.91 Å². The van der Waals surface area contributed by atoms with Gasteiger partial charge in [0.05, 0.1) is 10.6 Å². The minimum Gasteiger partial charge on any atom is -0.436 e. The normalized spacial score (nSPS) is 15.5. The number of carbonyl (C=O) groups is 1. The fourth-order valence-electron chi connectivity index (χ4n) is 3.08. The quantitative estimate of drug-likeness (QED) is 0.499. The second-order valence-corrected chi connectivity index (χ2v) is 8.18. The first-order valence-corrected chi connectivity index (χ1v) is 10.0. The van der Waals surface area contributed by atoms with Gasteiger partial charge >= 0.3 is 0 Å². The molecule has 1 aliphatic rings. The number of hydrogen-bond donors (Lipinski definition) is 0. The van der Waals surface area contributed by atoms with E-state index in [9.17, 15) is 4.79 Å². The second kappa shape index (κ2) is 7.43. The molecule has 0 atom stereocenters. The summed E-state index contributed by atoms with van der Waals surface area (Å²) in [5.41, 5.74) is 2.49. The number of hydrogen-bond acceptors (Lipinski definition) is 4. The molecule has 0 N–H and O–H groups in total. The topological polar surface area (TPSA) is 49.6 Å². The molecule has 140 valence electrons. The standard InChI is InChI=1S/C19H16BrCl2N3O2/c1-24-4-6-25(7-5-24)19(26)11-2-3-16-15(8-11)23-18(27-16)13-9-12(21)10-14(22)17(13)20/h2-3,8-10H,4-7H2,1H3. The van der Waals surface area contributed by atoms with Crippen LogP contribution in [0.25, 0.3) is 22.6 Å². The largest absolute Gasteiger partial charge is 0.436 e. The number of amides is 1. The van der Waals surface area contributed by atoms with Crippen LogP contribution in [0.2, 0.25) is 10.0 Å². The number of piperazine rings is 1. The highest BCUT2D eigenvalue weighted by Gasteiger charge is 2.21. The first kappa shape index (κ1) is 18.7. The molecule has 27 heavy (non-hydrogen) atoms. The van der Waals surface area contributed by atoms with Crippen LogP contribution in [0.5, 0.6) is 0 Å². The third kappa shape index (κ3) is 3.72. The molecule has 1 saturated heterocycles. The molecule has 0 unspecified atom stereocenters. The van der Waals surface area contributed by atoms with Crippen LogP contribution in [0.15, 0.2) is 39.2 Å². The van der Waals surface area contributed by atoms with Gasteiger partial charge in [-0.1, -0.05) is 23.2 Å². The van der Waals surface area contributed by atoms with Crippen LogP contribution in [-0.4, -0.2) is 53.9 Å². The molecule has 3 aromatic rings. The first-order chi connectivity index (χ1) is 12.9. The SMILES string of the molecule is CN1CCN(C(=O)c2ccc3oc(-c4cc(Cl)cc(Cl)c4Br)nc3c2)CC1. The molecule has 5 nitrogen and oxygen atoms in total. The summed E-state index contributed by atoms with van der Waals surface area (Å²) in [4.78, 5) is 21.4. The molecule has 1 fully saturated rings. The molecule has 1 aliphatic heterocycles. The van der Waals surface area contributed by atoms with E-state index in [4.69, 9.17) is 27.6 Å². The summed E-state index contributed by atoms with van der Waals surface area (Å²) in [6.45, 7) is 3.22. The van der Waals surface area contributed by atoms with Crippen LogP contribution in [0.3, 0.4) is 0 Å². The van der Waals surface area contributed by atoms with E-state index >= 15 is 0 Å². The average Bonchev–Trinajstić information content (AvgIpc) is 3.07. The van der Waals surface area contributed by atoms with Crippen molar-refractivity contribution in [2.24, 2.45) is 0 Å². The maximum Gasteiger partial charge on any atom is 0.254 e. The highest BCUT2D eigenvalue weighted by Crippen LogP contribution is 2.37. The number of aromatic nitrogens is 1. The van der Waals surface area contributed by atoms with Gasteiger partial charge < -0.3 is 14.2 Å². The number of carbonyl (C=O) groups excluding carboxylic acids is 1. The van der Waals surface area contributed by atoms with Gasteiger partial charge in [-0.05, 0) is 53.3 Å². The van der Waals surface area contributed by atoms with Crippen LogP contribution < -0.4 is 0 Å².